The van der Waals surface area contributed by atoms with Crippen LogP contribution in [0.25, 0.3) is 5.95 Å². The summed E-state index contributed by atoms with van der Waals surface area (Å²) in [5, 5.41) is 3.13. The van der Waals surface area contributed by atoms with Crippen molar-refractivity contribution in [1.29, 1.82) is 0 Å². The predicted molar refractivity (Wildman–Crippen MR) is 158 cm³/mol. The highest BCUT2D eigenvalue weighted by atomic mass is 16.5. The van der Waals surface area contributed by atoms with E-state index < -0.39 is 0 Å². The summed E-state index contributed by atoms with van der Waals surface area (Å²) in [5.74, 6) is 3.15. The summed E-state index contributed by atoms with van der Waals surface area (Å²) in [6.07, 6.45) is 6.41. The van der Waals surface area contributed by atoms with Crippen LogP contribution in [-0.2, 0) is 17.8 Å². The first-order valence-corrected chi connectivity index (χ1v) is 13.9. The fourth-order valence-corrected chi connectivity index (χ4v) is 5.08. The Labute approximate surface area is 241 Å². The second kappa shape index (κ2) is 13.3. The minimum Gasteiger partial charge on any atom is -0.497 e. The molecule has 0 bridgehead atoms. The number of piperazine rings is 1. The smallest absolute Gasteiger partial charge is 0.237 e. The number of hydrogen-bond donors (Lipinski definition) is 1. The zero-order valence-corrected chi connectivity index (χ0v) is 23.9. The second-order valence-electron chi connectivity index (χ2n) is 10.2. The number of rotatable bonds is 11. The molecule has 1 aliphatic rings. The van der Waals surface area contributed by atoms with Crippen molar-refractivity contribution in [1.82, 2.24) is 29.7 Å². The Hall–Kier alpha value is -4.44. The monoisotopic (exact) mass is 555 g/mol. The summed E-state index contributed by atoms with van der Waals surface area (Å²) in [7, 11) is 3.33. The van der Waals surface area contributed by atoms with Crippen LogP contribution in [0.15, 0.2) is 73.3 Å². The largest absolute Gasteiger partial charge is 0.497 e. The molecule has 10 heteroatoms. The van der Waals surface area contributed by atoms with E-state index in [4.69, 9.17) is 14.5 Å². The van der Waals surface area contributed by atoms with Crippen LogP contribution in [0.3, 0.4) is 0 Å². The Balaban J connectivity index is 1.27. The molecule has 3 heterocycles. The maximum Gasteiger partial charge on any atom is 0.237 e. The fraction of sp³-hybridized carbons (Fsp3) is 0.355. The third kappa shape index (κ3) is 7.40. The van der Waals surface area contributed by atoms with Gasteiger partial charge in [0, 0.05) is 69.3 Å². The highest BCUT2D eigenvalue weighted by Gasteiger charge is 2.30. The molecule has 0 saturated carbocycles. The average Bonchev–Trinajstić information content (AvgIpc) is 3.54. The highest BCUT2D eigenvalue weighted by molar-refractivity contribution is 5.76. The van der Waals surface area contributed by atoms with Crippen LogP contribution < -0.4 is 19.7 Å². The molecule has 41 heavy (non-hydrogen) atoms. The molecule has 4 aromatic rings. The number of nitrogens with zero attached hydrogens (tertiary/aromatic N) is 6. The third-order valence-corrected chi connectivity index (χ3v) is 7.35. The number of aryl methyl sites for hydroxylation is 1. The Kier molecular flexibility index (Phi) is 9.10. The van der Waals surface area contributed by atoms with Gasteiger partial charge < -0.3 is 19.7 Å². The molecule has 1 unspecified atom stereocenters. The number of amides is 1. The molecule has 214 valence electrons. The van der Waals surface area contributed by atoms with Gasteiger partial charge in [-0.1, -0.05) is 24.3 Å². The molecule has 1 saturated heterocycles. The van der Waals surface area contributed by atoms with Crippen LogP contribution >= 0.6 is 0 Å². The number of imidazole rings is 1. The minimum absolute atomic E-state index is 0.0128. The minimum atomic E-state index is 0.0128. The quantitative estimate of drug-likeness (QED) is 0.301. The Morgan fingerprint density at radius 3 is 2.34 bits per heavy atom. The van der Waals surface area contributed by atoms with Crippen LogP contribution in [0.1, 0.15) is 23.2 Å². The van der Waals surface area contributed by atoms with E-state index in [-0.39, 0.29) is 11.9 Å². The van der Waals surface area contributed by atoms with Gasteiger partial charge in [0.1, 0.15) is 23.6 Å². The molecule has 0 radical (unpaired) electrons. The van der Waals surface area contributed by atoms with Crippen LogP contribution in [0.2, 0.25) is 0 Å². The fourth-order valence-electron chi connectivity index (χ4n) is 5.08. The van der Waals surface area contributed by atoms with E-state index in [9.17, 15) is 4.79 Å². The summed E-state index contributed by atoms with van der Waals surface area (Å²) in [6, 6.07) is 18.1. The first kappa shape index (κ1) is 28.1. The number of methoxy groups -OCH3 is 2. The number of ether oxygens (including phenoxy) is 2. The van der Waals surface area contributed by atoms with Crippen molar-refractivity contribution in [2.75, 3.05) is 45.3 Å². The first-order chi connectivity index (χ1) is 20.0. The zero-order valence-electron chi connectivity index (χ0n) is 23.9. The molecule has 1 N–H and O–H groups in total. The normalized spacial score (nSPS) is 15.5. The number of carbonyl (C=O) groups is 1. The zero-order chi connectivity index (χ0) is 28.6. The van der Waals surface area contributed by atoms with Crippen molar-refractivity contribution >= 4 is 11.7 Å². The van der Waals surface area contributed by atoms with Gasteiger partial charge in [0.25, 0.3) is 0 Å². The standard InChI is InChI=1S/C31H37N7O3/c1-23-18-29(35-31(34-23)38-15-14-32-22-38)37-17-16-36(20-25-6-10-28(41-3)11-7-25)26(21-37)19-30(39)33-13-12-24-4-8-27(40-2)9-5-24/h4-11,14-15,18,22,26H,12-13,16-17,19-21H2,1-3H3,(H,33,39). The van der Waals surface area contributed by atoms with Crippen molar-refractivity contribution in [2.24, 2.45) is 0 Å². The number of carbonyl (C=O) groups excluding carboxylic acids is 1. The van der Waals surface area contributed by atoms with Gasteiger partial charge >= 0.3 is 0 Å². The van der Waals surface area contributed by atoms with Gasteiger partial charge in [-0.3, -0.25) is 14.3 Å². The lowest BCUT2D eigenvalue weighted by atomic mass is 10.1. The number of anilines is 1. The van der Waals surface area contributed by atoms with Gasteiger partial charge in [0.2, 0.25) is 11.9 Å². The van der Waals surface area contributed by atoms with E-state index in [0.29, 0.717) is 25.5 Å². The Morgan fingerprint density at radius 2 is 1.68 bits per heavy atom. The Bertz CT molecular complexity index is 1410. The molecular formula is C31H37N7O3. The first-order valence-electron chi connectivity index (χ1n) is 13.9. The van der Waals surface area contributed by atoms with E-state index in [1.807, 2.05) is 60.2 Å². The molecule has 10 nitrogen and oxygen atoms in total. The topological polar surface area (TPSA) is 97.6 Å². The maximum absolute atomic E-state index is 13.2. The van der Waals surface area contributed by atoms with Crippen LogP contribution in [0.5, 0.6) is 11.5 Å². The predicted octanol–water partition coefficient (Wildman–Crippen LogP) is 3.43. The van der Waals surface area contributed by atoms with Gasteiger partial charge in [0.15, 0.2) is 0 Å². The molecule has 1 amide bonds. The van der Waals surface area contributed by atoms with Crippen molar-refractivity contribution < 1.29 is 14.3 Å². The van der Waals surface area contributed by atoms with E-state index >= 15 is 0 Å². The molecule has 1 fully saturated rings. The molecular weight excluding hydrogens is 518 g/mol. The molecule has 0 spiro atoms. The van der Waals surface area contributed by atoms with Crippen LogP contribution in [0, 0.1) is 6.92 Å². The summed E-state index contributed by atoms with van der Waals surface area (Å²) >= 11 is 0. The SMILES string of the molecule is COc1ccc(CCNC(=O)CC2CN(c3cc(C)nc(-n4ccnc4)n3)CCN2Cc2ccc(OC)cc2)cc1. The maximum atomic E-state index is 13.2. The van der Waals surface area contributed by atoms with E-state index in [1.54, 1.807) is 26.7 Å². The molecule has 5 rings (SSSR count). The molecule has 2 aromatic carbocycles. The summed E-state index contributed by atoms with van der Waals surface area (Å²) in [5.41, 5.74) is 3.22. The van der Waals surface area contributed by atoms with Crippen LogP contribution in [0.4, 0.5) is 5.82 Å². The number of nitrogens with one attached hydrogen (secondary N) is 1. The van der Waals surface area contributed by atoms with Gasteiger partial charge in [-0.05, 0) is 48.7 Å². The van der Waals surface area contributed by atoms with Crippen molar-refractivity contribution in [2.45, 2.75) is 32.4 Å². The highest BCUT2D eigenvalue weighted by Crippen LogP contribution is 2.23. The lowest BCUT2D eigenvalue weighted by molar-refractivity contribution is -0.122. The lowest BCUT2D eigenvalue weighted by Crippen LogP contribution is -2.54. The van der Waals surface area contributed by atoms with E-state index in [1.165, 1.54) is 5.56 Å². The Morgan fingerprint density at radius 1 is 0.976 bits per heavy atom. The van der Waals surface area contributed by atoms with E-state index in [0.717, 1.165) is 54.6 Å². The second-order valence-corrected chi connectivity index (χ2v) is 10.2. The number of aromatic nitrogens is 4. The summed E-state index contributed by atoms with van der Waals surface area (Å²) in [6.45, 7) is 5.59. The summed E-state index contributed by atoms with van der Waals surface area (Å²) in [4.78, 5) is 31.4. The van der Waals surface area contributed by atoms with Crippen molar-refractivity contribution in [3.8, 4) is 17.4 Å². The van der Waals surface area contributed by atoms with Gasteiger partial charge in [-0.15, -0.1) is 0 Å². The van der Waals surface area contributed by atoms with Gasteiger partial charge in [0.05, 0.1) is 14.2 Å². The number of hydrogen-bond acceptors (Lipinski definition) is 8. The summed E-state index contributed by atoms with van der Waals surface area (Å²) < 4.78 is 12.4. The third-order valence-electron chi connectivity index (χ3n) is 7.35. The average molecular weight is 556 g/mol. The van der Waals surface area contributed by atoms with Crippen LogP contribution in [-0.4, -0.2) is 76.8 Å². The molecule has 2 aromatic heterocycles. The van der Waals surface area contributed by atoms with Gasteiger partial charge in [-0.25, -0.2) is 9.97 Å². The van der Waals surface area contributed by atoms with Gasteiger partial charge in [-0.2, -0.15) is 4.98 Å². The van der Waals surface area contributed by atoms with Crippen molar-refractivity contribution in [3.05, 3.63) is 90.1 Å². The lowest BCUT2D eigenvalue weighted by Gasteiger charge is -2.42. The van der Waals surface area contributed by atoms with Crippen molar-refractivity contribution in [3.63, 3.8) is 0 Å². The van der Waals surface area contributed by atoms with E-state index in [2.05, 4.69) is 37.2 Å². The molecule has 0 aliphatic carbocycles. The number of benzene rings is 2. The molecule has 1 aliphatic heterocycles. The molecule has 1 atom stereocenters.